The van der Waals surface area contributed by atoms with Gasteiger partial charge in [0.05, 0.1) is 53.3 Å². The van der Waals surface area contributed by atoms with E-state index in [4.69, 9.17) is 20.3 Å². The number of nitrogens with one attached hydrogen (secondary N) is 6. The third-order valence-electron chi connectivity index (χ3n) is 14.2. The number of alkyl halides is 3. The monoisotopic (exact) mass is 903 g/mol. The summed E-state index contributed by atoms with van der Waals surface area (Å²) < 4.78 is 58.4. The van der Waals surface area contributed by atoms with Crippen molar-refractivity contribution in [3.05, 3.63) is 69.8 Å². The fraction of sp³-hybridized carbons (Fsp3) is 0.578. The minimum absolute atomic E-state index is 0.0808. The van der Waals surface area contributed by atoms with Crippen LogP contribution in [0.15, 0.2) is 63.6 Å². The molecule has 5 aliphatic heterocycles. The summed E-state index contributed by atoms with van der Waals surface area (Å²) in [6.45, 7) is 2.96. The minimum Gasteiger partial charge on any atom is -0.386 e. The third kappa shape index (κ3) is 9.16. The van der Waals surface area contributed by atoms with Crippen LogP contribution in [0.4, 0.5) is 13.2 Å². The molecule has 4 saturated heterocycles. The number of aryl methyl sites for hydroxylation is 1. The highest BCUT2D eigenvalue weighted by atomic mass is 19.3. The lowest BCUT2D eigenvalue weighted by molar-refractivity contribution is -0.135. The number of amides is 3. The predicted molar refractivity (Wildman–Crippen MR) is 234 cm³/mol. The summed E-state index contributed by atoms with van der Waals surface area (Å²) in [5, 5.41) is 26.8. The van der Waals surface area contributed by atoms with E-state index in [1.807, 2.05) is 18.2 Å². The van der Waals surface area contributed by atoms with Gasteiger partial charge in [0.2, 0.25) is 11.8 Å². The number of carbonyl (C=O) groups is 3. The number of para-hydroxylation sites is 1. The molecule has 6 heterocycles. The van der Waals surface area contributed by atoms with Crippen LogP contribution in [0.2, 0.25) is 0 Å². The van der Waals surface area contributed by atoms with Gasteiger partial charge in [-0.2, -0.15) is 0 Å². The average Bonchev–Trinajstić information content (AvgIpc) is 3.99. The van der Waals surface area contributed by atoms with E-state index in [9.17, 15) is 28.0 Å². The molecule has 17 nitrogen and oxygen atoms in total. The number of halogens is 3. The summed E-state index contributed by atoms with van der Waals surface area (Å²) in [5.41, 5.74) is 0.459. The summed E-state index contributed by atoms with van der Waals surface area (Å²) in [5.74, 6) is -0.521. The lowest BCUT2D eigenvalue weighted by Gasteiger charge is -2.42. The smallest absolute Gasteiger partial charge is 0.329 e. The maximum atomic E-state index is 15.7. The van der Waals surface area contributed by atoms with Crippen LogP contribution in [0.25, 0.3) is 11.0 Å². The zero-order chi connectivity index (χ0) is 45.5. The Morgan fingerprint density at radius 1 is 1.09 bits per heavy atom. The molecular weight excluding hydrogens is 848 g/mol. The second-order valence-corrected chi connectivity index (χ2v) is 18.4. The van der Waals surface area contributed by atoms with Crippen molar-refractivity contribution >= 4 is 46.5 Å². The molecule has 0 spiro atoms. The van der Waals surface area contributed by atoms with Crippen molar-refractivity contribution in [2.75, 3.05) is 32.8 Å². The van der Waals surface area contributed by atoms with E-state index in [1.54, 1.807) is 23.9 Å². The first-order valence-corrected chi connectivity index (χ1v) is 22.7. The molecule has 9 rings (SSSR count). The van der Waals surface area contributed by atoms with Gasteiger partial charge in [0, 0.05) is 64.3 Å². The van der Waals surface area contributed by atoms with Gasteiger partial charge in [-0.15, -0.1) is 0 Å². The zero-order valence-electron chi connectivity index (χ0n) is 36.2. The number of rotatable bonds is 13. The molecule has 6 fully saturated rings. The van der Waals surface area contributed by atoms with Crippen LogP contribution < -0.4 is 27.0 Å². The fourth-order valence-electron chi connectivity index (χ4n) is 10.6. The van der Waals surface area contributed by atoms with Crippen molar-refractivity contribution in [1.29, 1.82) is 10.8 Å². The van der Waals surface area contributed by atoms with E-state index in [-0.39, 0.29) is 78.3 Å². The van der Waals surface area contributed by atoms with E-state index < -0.39 is 42.3 Å². The van der Waals surface area contributed by atoms with Gasteiger partial charge in [0.1, 0.15) is 29.6 Å². The highest BCUT2D eigenvalue weighted by molar-refractivity contribution is 6.15. The molecule has 2 bridgehead atoms. The van der Waals surface area contributed by atoms with Crippen molar-refractivity contribution in [3.8, 4) is 0 Å². The normalized spacial score (nSPS) is 31.3. The van der Waals surface area contributed by atoms with E-state index in [1.165, 1.54) is 10.8 Å². The van der Waals surface area contributed by atoms with Crippen molar-refractivity contribution in [2.45, 2.75) is 119 Å². The number of morpholine rings is 1. The number of nitrogens with zero attached hydrogens (tertiary/aromatic N) is 5. The second kappa shape index (κ2) is 18.7. The highest BCUT2D eigenvalue weighted by Crippen LogP contribution is 2.43. The first kappa shape index (κ1) is 44.6. The first-order valence-electron chi connectivity index (χ1n) is 22.7. The summed E-state index contributed by atoms with van der Waals surface area (Å²) >= 11 is 0. The first-order chi connectivity index (χ1) is 31.3. The number of carbonyl (C=O) groups excluding carboxylic acids is 3. The zero-order valence-corrected chi connectivity index (χ0v) is 36.2. The maximum absolute atomic E-state index is 15.7. The van der Waals surface area contributed by atoms with E-state index in [0.29, 0.717) is 56.2 Å². The number of allylic oxidation sites excluding steroid dienone is 1. The predicted octanol–water partition coefficient (Wildman–Crippen LogP) is 3.23. The van der Waals surface area contributed by atoms with Gasteiger partial charge in [0.15, 0.2) is 0 Å². The summed E-state index contributed by atoms with van der Waals surface area (Å²) in [6.07, 6.45) is 7.04. The lowest BCUT2D eigenvalue weighted by Crippen LogP contribution is -2.49. The van der Waals surface area contributed by atoms with Crippen molar-refractivity contribution in [1.82, 2.24) is 40.2 Å². The lowest BCUT2D eigenvalue weighted by atomic mass is 9.76. The number of likely N-dealkylation sites (tertiary alicyclic amines) is 2. The Hall–Kier alpha value is -5.60. The summed E-state index contributed by atoms with van der Waals surface area (Å²) in [6, 6.07) is 5.03. The number of hydrogen-bond donors (Lipinski definition) is 6. The molecule has 3 amide bonds. The Kier molecular flexibility index (Phi) is 12.8. The van der Waals surface area contributed by atoms with Crippen molar-refractivity contribution in [2.24, 2.45) is 18.0 Å². The number of aliphatic imine (C=N–C) groups is 1. The summed E-state index contributed by atoms with van der Waals surface area (Å²) in [7, 11) is 1.69. The van der Waals surface area contributed by atoms with E-state index in [0.717, 1.165) is 55.9 Å². The van der Waals surface area contributed by atoms with Crippen molar-refractivity contribution < 1.29 is 37.0 Å². The van der Waals surface area contributed by atoms with Crippen molar-refractivity contribution in [3.63, 3.8) is 0 Å². The molecule has 65 heavy (non-hydrogen) atoms. The van der Waals surface area contributed by atoms with Gasteiger partial charge in [-0.05, 0) is 87.3 Å². The number of hydrogen-bond acceptors (Lipinski definition) is 13. The van der Waals surface area contributed by atoms with Gasteiger partial charge in [-0.1, -0.05) is 12.1 Å². The fourth-order valence-corrected chi connectivity index (χ4v) is 10.6. The number of imide groups is 1. The number of aromatic nitrogens is 2. The molecule has 348 valence electrons. The number of amidine groups is 1. The molecule has 1 unspecified atom stereocenters. The highest BCUT2D eigenvalue weighted by Gasteiger charge is 2.42. The van der Waals surface area contributed by atoms with Crippen LogP contribution in [0, 0.1) is 16.7 Å². The SMILES string of the molecule is Cn1c(=O)n(C2CCC(=O)NC2=O)c2cccc([C@H]3C[C@H](O[C@H]4CCN(C[C@H]5CC[C@H](N/C=C(\NC(=O)/C(C=N)=C6\N=C(N7C[C@H]8C[C@@H]7CO8)C=CN6)C(=N)C(F)F)CC5)C[C@@H]4F)C3)c21. The van der Waals surface area contributed by atoms with Crippen LogP contribution in [-0.4, -0.2) is 130 Å². The Labute approximate surface area is 373 Å². The molecule has 0 radical (unpaired) electrons. The molecule has 2 aliphatic carbocycles. The quantitative estimate of drug-likeness (QED) is 0.0982. The van der Waals surface area contributed by atoms with Gasteiger partial charge < -0.3 is 35.7 Å². The number of imidazole rings is 1. The molecule has 7 aliphatic rings. The minimum atomic E-state index is -3.14. The largest absolute Gasteiger partial charge is 0.386 e. The van der Waals surface area contributed by atoms with Crippen LogP contribution in [-0.2, 0) is 30.9 Å². The topological polar surface area (TPSA) is 211 Å². The Morgan fingerprint density at radius 3 is 2.58 bits per heavy atom. The Bertz CT molecular complexity index is 2420. The molecule has 5 atom stereocenters. The van der Waals surface area contributed by atoms with Gasteiger partial charge in [0.25, 0.3) is 12.3 Å². The molecule has 6 N–H and O–H groups in total. The molecule has 1 aromatic carbocycles. The second-order valence-electron chi connectivity index (χ2n) is 18.4. The third-order valence-corrected chi connectivity index (χ3v) is 14.2. The molecule has 2 saturated carbocycles. The van der Waals surface area contributed by atoms with Crippen LogP contribution in [0.1, 0.15) is 81.7 Å². The van der Waals surface area contributed by atoms with E-state index >= 15 is 4.39 Å². The van der Waals surface area contributed by atoms with Gasteiger partial charge >= 0.3 is 5.69 Å². The van der Waals surface area contributed by atoms with Gasteiger partial charge in [-0.25, -0.2) is 23.0 Å². The van der Waals surface area contributed by atoms with Crippen LogP contribution in [0.5, 0.6) is 0 Å². The Balaban J connectivity index is 0.736. The standard InChI is InChI=1S/C45H56F3N11O6/c1-56-40-30(3-2-4-34(40)59(45(56)63)35-9-10-38(60)55-44(35)62)25-15-28(16-25)65-36-12-14-57(22-32(36)46)20-24-5-7-26(8-6-24)52-19-33(39(50)41(47)48)53-43(61)31(18-49)42-51-13-11-37(54-42)58-21-29-17-27(58)23-64-29/h2-4,11,13,18-19,24-29,32,35-36,41,49-52H,5-10,12,14-17,20-23H2,1H3,(H,53,61)(H,55,60,62)/b33-19-,42-31-,49-18?,50-39?/t24-,25-,26-,27-,28-,29-,32+,35?,36+/m1/s1. The number of fused-ring (bicyclic) bond motifs is 3. The molecule has 20 heteroatoms. The van der Waals surface area contributed by atoms with Crippen LogP contribution in [0.3, 0.4) is 0 Å². The number of benzene rings is 1. The number of piperidine rings is 2. The molecule has 1 aromatic heterocycles. The molecule has 2 aromatic rings. The average molecular weight is 904 g/mol. The van der Waals surface area contributed by atoms with Gasteiger partial charge in [-0.3, -0.25) is 39.1 Å². The van der Waals surface area contributed by atoms with Crippen LogP contribution >= 0.6 is 0 Å². The van der Waals surface area contributed by atoms with E-state index in [2.05, 4.69) is 36.1 Å². The molecular formula is C45H56F3N11O6. The number of ether oxygens (including phenoxy) is 2. The maximum Gasteiger partial charge on any atom is 0.329 e. The Morgan fingerprint density at radius 2 is 1.89 bits per heavy atom. The summed E-state index contributed by atoms with van der Waals surface area (Å²) in [4.78, 5) is 60.0.